The molecule has 5 heteroatoms. The van der Waals surface area contributed by atoms with E-state index >= 15 is 0 Å². The monoisotopic (exact) mass is 314 g/mol. The predicted octanol–water partition coefficient (Wildman–Crippen LogP) is 5.79. The van der Waals surface area contributed by atoms with Gasteiger partial charge in [-0.3, -0.25) is 4.79 Å². The van der Waals surface area contributed by atoms with E-state index in [4.69, 9.17) is 23.2 Å². The molecule has 3 aromatic rings. The van der Waals surface area contributed by atoms with E-state index in [1.807, 2.05) is 29.8 Å². The third-order valence-electron chi connectivity index (χ3n) is 2.96. The summed E-state index contributed by atoms with van der Waals surface area (Å²) in [5, 5.41) is 5.40. The number of fused-ring (bicyclic) bond motifs is 2. The van der Waals surface area contributed by atoms with Crippen molar-refractivity contribution in [3.8, 4) is 0 Å². The molecule has 18 heavy (non-hydrogen) atoms. The average molecular weight is 315 g/mol. The summed E-state index contributed by atoms with van der Waals surface area (Å²) < 4.78 is 2.00. The molecular formula is C13H8Cl2OS2. The fourth-order valence-electron chi connectivity index (χ4n) is 2.26. The van der Waals surface area contributed by atoms with Crippen molar-refractivity contribution in [3.63, 3.8) is 0 Å². The summed E-state index contributed by atoms with van der Waals surface area (Å²) in [7, 11) is 0. The number of hydrogen-bond acceptors (Lipinski definition) is 3. The lowest BCUT2D eigenvalue weighted by Crippen LogP contribution is -1.94. The number of thiophene rings is 2. The molecule has 0 aliphatic heterocycles. The Bertz CT molecular complexity index is 703. The lowest BCUT2D eigenvalue weighted by Gasteiger charge is -2.10. The van der Waals surface area contributed by atoms with Crippen molar-refractivity contribution < 1.29 is 4.79 Å². The van der Waals surface area contributed by atoms with E-state index in [-0.39, 0.29) is 5.38 Å². The van der Waals surface area contributed by atoms with Crippen molar-refractivity contribution in [2.24, 2.45) is 0 Å². The second-order valence-corrected chi connectivity index (χ2v) is 6.84. The van der Waals surface area contributed by atoms with Crippen LogP contribution in [0.3, 0.4) is 0 Å². The zero-order valence-electron chi connectivity index (χ0n) is 9.37. The zero-order valence-corrected chi connectivity index (χ0v) is 12.5. The number of hydrogen-bond donors (Lipinski definition) is 0. The van der Waals surface area contributed by atoms with Crippen molar-refractivity contribution in [2.45, 2.75) is 12.3 Å². The van der Waals surface area contributed by atoms with Gasteiger partial charge in [-0.15, -0.1) is 34.3 Å². The Morgan fingerprint density at radius 2 is 1.78 bits per heavy atom. The third-order valence-corrected chi connectivity index (χ3v) is 5.24. The van der Waals surface area contributed by atoms with Crippen LogP contribution in [0.4, 0.5) is 0 Å². The Labute approximate surface area is 122 Å². The molecular weight excluding hydrogens is 307 g/mol. The number of benzene rings is 1. The summed E-state index contributed by atoms with van der Waals surface area (Å²) in [5.74, 6) is 0. The minimum absolute atomic E-state index is 0.0947. The highest BCUT2D eigenvalue weighted by Gasteiger charge is 2.21. The first-order chi connectivity index (χ1) is 8.61. The Hall–Kier alpha value is -0.610. The zero-order chi connectivity index (χ0) is 12.9. The van der Waals surface area contributed by atoms with Gasteiger partial charge >= 0.3 is 0 Å². The minimum Gasteiger partial charge on any atom is -0.276 e. The largest absolute Gasteiger partial charge is 0.276 e. The molecule has 0 aliphatic rings. The van der Waals surface area contributed by atoms with Crippen LogP contribution in [0.2, 0.25) is 0 Å². The van der Waals surface area contributed by atoms with Crippen molar-refractivity contribution >= 4 is 71.3 Å². The molecule has 0 saturated carbocycles. The quantitative estimate of drug-likeness (QED) is 0.432. The van der Waals surface area contributed by atoms with E-state index in [9.17, 15) is 4.79 Å². The van der Waals surface area contributed by atoms with E-state index in [0.29, 0.717) is 5.56 Å². The van der Waals surface area contributed by atoms with Gasteiger partial charge in [-0.2, -0.15) is 0 Å². The van der Waals surface area contributed by atoms with Crippen LogP contribution in [-0.4, -0.2) is 5.24 Å². The normalized spacial score (nSPS) is 13.3. The summed E-state index contributed by atoms with van der Waals surface area (Å²) in [6.07, 6.45) is 0. The summed E-state index contributed by atoms with van der Waals surface area (Å²) >= 11 is 15.2. The predicted molar refractivity (Wildman–Crippen MR) is 81.7 cm³/mol. The highest BCUT2D eigenvalue weighted by molar-refractivity contribution is 7.19. The molecule has 2 aromatic heterocycles. The fraction of sp³-hybridized carbons (Fsp3) is 0.154. The summed E-state index contributed by atoms with van der Waals surface area (Å²) in [6, 6.07) is 3.95. The summed E-state index contributed by atoms with van der Waals surface area (Å²) in [6.45, 7) is 1.95. The lowest BCUT2D eigenvalue weighted by atomic mass is 10.0. The van der Waals surface area contributed by atoms with E-state index in [1.165, 1.54) is 11.3 Å². The van der Waals surface area contributed by atoms with Crippen LogP contribution in [0.25, 0.3) is 20.2 Å². The van der Waals surface area contributed by atoms with E-state index in [1.54, 1.807) is 11.3 Å². The standard InChI is InChI=1S/C13H8Cl2OS2/c1-6(14)9-7-2-4-18-12(7)10(13(15)16)8-3-5-17-11(8)9/h2-6H,1H3. The van der Waals surface area contributed by atoms with E-state index in [0.717, 1.165) is 25.7 Å². The van der Waals surface area contributed by atoms with Gasteiger partial charge in [-0.1, -0.05) is 0 Å². The molecule has 0 fully saturated rings. The van der Waals surface area contributed by atoms with Gasteiger partial charge in [0.25, 0.3) is 5.24 Å². The topological polar surface area (TPSA) is 17.1 Å². The van der Waals surface area contributed by atoms with Gasteiger partial charge in [0.2, 0.25) is 0 Å². The molecule has 0 spiro atoms. The molecule has 0 amide bonds. The van der Waals surface area contributed by atoms with E-state index in [2.05, 4.69) is 0 Å². The van der Waals surface area contributed by atoms with E-state index < -0.39 is 5.24 Å². The third kappa shape index (κ3) is 1.69. The number of alkyl halides is 1. The molecule has 0 bridgehead atoms. The van der Waals surface area contributed by atoms with Crippen LogP contribution >= 0.6 is 45.9 Å². The molecule has 1 unspecified atom stereocenters. The van der Waals surface area contributed by atoms with Gasteiger partial charge in [-0.05, 0) is 52.4 Å². The molecule has 0 saturated heterocycles. The maximum atomic E-state index is 11.7. The average Bonchev–Trinajstić information content (AvgIpc) is 2.91. The molecule has 92 valence electrons. The molecule has 3 rings (SSSR count). The van der Waals surface area contributed by atoms with Crippen molar-refractivity contribution in [1.82, 2.24) is 0 Å². The Balaban J connectivity index is 2.61. The minimum atomic E-state index is -0.403. The Morgan fingerprint density at radius 3 is 2.39 bits per heavy atom. The SMILES string of the molecule is CC(Cl)c1c2ccsc2c(C(=O)Cl)c2ccsc12. The molecule has 0 aliphatic carbocycles. The van der Waals surface area contributed by atoms with Crippen LogP contribution in [0.5, 0.6) is 0 Å². The molecule has 0 radical (unpaired) electrons. The molecule has 1 atom stereocenters. The smallest absolute Gasteiger partial charge is 0.254 e. The first-order valence-corrected chi connectivity index (χ1v) is 7.92. The van der Waals surface area contributed by atoms with Gasteiger partial charge in [-0.25, -0.2) is 0 Å². The Morgan fingerprint density at radius 1 is 1.17 bits per heavy atom. The number of carbonyl (C=O) groups is 1. The van der Waals surface area contributed by atoms with Crippen LogP contribution < -0.4 is 0 Å². The molecule has 0 N–H and O–H groups in total. The summed E-state index contributed by atoms with van der Waals surface area (Å²) in [4.78, 5) is 11.7. The second kappa shape index (κ2) is 4.49. The van der Waals surface area contributed by atoms with Crippen LogP contribution in [0, 0.1) is 0 Å². The maximum absolute atomic E-state index is 11.7. The highest BCUT2D eigenvalue weighted by atomic mass is 35.5. The van der Waals surface area contributed by atoms with Gasteiger partial charge in [0.05, 0.1) is 10.9 Å². The number of rotatable bonds is 2. The maximum Gasteiger partial charge on any atom is 0.254 e. The van der Waals surface area contributed by atoms with Gasteiger partial charge in [0.1, 0.15) is 0 Å². The van der Waals surface area contributed by atoms with Crippen LogP contribution in [0.15, 0.2) is 22.9 Å². The van der Waals surface area contributed by atoms with Crippen LogP contribution in [-0.2, 0) is 0 Å². The first kappa shape index (κ1) is 12.4. The summed E-state index contributed by atoms with van der Waals surface area (Å²) in [5.41, 5.74) is 1.71. The van der Waals surface area contributed by atoms with Gasteiger partial charge < -0.3 is 0 Å². The molecule has 1 nitrogen and oxygen atoms in total. The van der Waals surface area contributed by atoms with Gasteiger partial charge in [0, 0.05) is 14.8 Å². The molecule has 1 aromatic carbocycles. The van der Waals surface area contributed by atoms with Gasteiger partial charge in [0.15, 0.2) is 0 Å². The number of carbonyl (C=O) groups excluding carboxylic acids is 1. The second-order valence-electron chi connectivity index (χ2n) is 4.01. The van der Waals surface area contributed by atoms with Crippen molar-refractivity contribution in [3.05, 3.63) is 34.0 Å². The fourth-order valence-corrected chi connectivity index (χ4v) is 4.82. The van der Waals surface area contributed by atoms with Crippen molar-refractivity contribution in [2.75, 3.05) is 0 Å². The lowest BCUT2D eigenvalue weighted by molar-refractivity contribution is 0.108. The highest BCUT2D eigenvalue weighted by Crippen LogP contribution is 2.43. The Kier molecular flexibility index (Phi) is 3.10. The van der Waals surface area contributed by atoms with Crippen molar-refractivity contribution in [1.29, 1.82) is 0 Å². The molecule has 2 heterocycles. The first-order valence-electron chi connectivity index (χ1n) is 5.35. The van der Waals surface area contributed by atoms with Crippen LogP contribution in [0.1, 0.15) is 28.2 Å². The number of halogens is 2.